The minimum Gasteiger partial charge on any atom is -0.493 e. The highest BCUT2D eigenvalue weighted by Crippen LogP contribution is 2.38. The number of nitrogens with zero attached hydrogens (tertiary/aromatic N) is 3. The summed E-state index contributed by atoms with van der Waals surface area (Å²) in [6, 6.07) is 9.82. The van der Waals surface area contributed by atoms with Crippen molar-refractivity contribution in [3.05, 3.63) is 59.5 Å². The third kappa shape index (κ3) is 5.18. The molecule has 202 valence electrons. The number of primary amides is 1. The Labute approximate surface area is 224 Å². The van der Waals surface area contributed by atoms with Gasteiger partial charge in [0.1, 0.15) is 11.5 Å². The fourth-order valence-corrected chi connectivity index (χ4v) is 4.77. The second kappa shape index (κ2) is 10.6. The predicted octanol–water partition coefficient (Wildman–Crippen LogP) is 2.95. The van der Waals surface area contributed by atoms with Gasteiger partial charge in [0.25, 0.3) is 5.91 Å². The van der Waals surface area contributed by atoms with E-state index in [1.54, 1.807) is 30.3 Å². The lowest BCUT2D eigenvalue weighted by Gasteiger charge is -2.31. The number of ether oxygens (including phenoxy) is 1. The van der Waals surface area contributed by atoms with Gasteiger partial charge in [0.2, 0.25) is 17.4 Å². The standard InChI is InChI=1S/C27H29FN8O3/c1-35(2)14-22(37)36-11-5-6-15-12-21(39-3)19(13-20(15)36)32-27-33-25-16(9-10-30-25)26(34-27)31-18-8-4-7-17(28)23(18)24(29)38/h4,7-10,12-13H,5-6,11,14H2,1-3H3,(H2,29,38)(H3,30,31,32,33,34)/p+1. The first kappa shape index (κ1) is 25.9. The number of aromatic nitrogens is 3. The van der Waals surface area contributed by atoms with Crippen LogP contribution in [0.4, 0.5) is 33.2 Å². The van der Waals surface area contributed by atoms with E-state index < -0.39 is 11.7 Å². The van der Waals surface area contributed by atoms with E-state index in [-0.39, 0.29) is 17.2 Å². The summed E-state index contributed by atoms with van der Waals surface area (Å²) in [5.74, 6) is -0.320. The van der Waals surface area contributed by atoms with E-state index >= 15 is 0 Å². The van der Waals surface area contributed by atoms with Gasteiger partial charge in [-0.3, -0.25) is 19.9 Å². The van der Waals surface area contributed by atoms with Crippen molar-refractivity contribution in [1.29, 1.82) is 0 Å². The maximum atomic E-state index is 14.4. The number of hydrogen-bond donors (Lipinski definition) is 4. The van der Waals surface area contributed by atoms with E-state index in [1.165, 1.54) is 12.1 Å². The van der Waals surface area contributed by atoms with Gasteiger partial charge in [-0.15, -0.1) is 0 Å². The number of methoxy groups -OCH3 is 1. The number of benzene rings is 2. The average Bonchev–Trinajstić information content (AvgIpc) is 3.36. The van der Waals surface area contributed by atoms with Crippen LogP contribution in [0.3, 0.4) is 0 Å². The molecule has 0 bridgehead atoms. The van der Waals surface area contributed by atoms with Gasteiger partial charge in [-0.25, -0.2) is 9.37 Å². The highest BCUT2D eigenvalue weighted by atomic mass is 19.1. The van der Waals surface area contributed by atoms with Crippen LogP contribution >= 0.6 is 0 Å². The number of amides is 2. The number of fused-ring (bicyclic) bond motifs is 2. The van der Waals surface area contributed by atoms with Crippen LogP contribution in [0.1, 0.15) is 22.3 Å². The summed E-state index contributed by atoms with van der Waals surface area (Å²) in [4.78, 5) is 39.5. The van der Waals surface area contributed by atoms with Crippen molar-refractivity contribution in [3.63, 3.8) is 0 Å². The number of rotatable bonds is 8. The molecule has 0 spiro atoms. The van der Waals surface area contributed by atoms with Crippen LogP contribution in [-0.4, -0.2) is 61.0 Å². The van der Waals surface area contributed by atoms with Crippen molar-refractivity contribution in [2.45, 2.75) is 12.8 Å². The first-order valence-corrected chi connectivity index (χ1v) is 12.4. The largest absolute Gasteiger partial charge is 0.493 e. The molecule has 2 amide bonds. The maximum Gasteiger partial charge on any atom is 0.351 e. The van der Waals surface area contributed by atoms with Gasteiger partial charge < -0.3 is 25.6 Å². The molecule has 0 unspecified atom stereocenters. The van der Waals surface area contributed by atoms with Crippen molar-refractivity contribution in [2.24, 2.45) is 5.73 Å². The van der Waals surface area contributed by atoms with Crippen LogP contribution in [0.5, 0.6) is 5.75 Å². The molecule has 6 N–H and O–H groups in total. The second-order valence-electron chi connectivity index (χ2n) is 9.54. The average molecular weight is 534 g/mol. The zero-order chi connectivity index (χ0) is 27.7. The molecule has 4 aromatic rings. The Morgan fingerprint density at radius 3 is 2.79 bits per heavy atom. The number of aromatic amines is 2. The highest BCUT2D eigenvalue weighted by Gasteiger charge is 2.26. The maximum absolute atomic E-state index is 14.4. The number of nitrogens with one attached hydrogen (secondary N) is 4. The third-order valence-corrected chi connectivity index (χ3v) is 6.51. The minimum absolute atomic E-state index is 0.0152. The highest BCUT2D eigenvalue weighted by molar-refractivity contribution is 6.01. The molecule has 39 heavy (non-hydrogen) atoms. The van der Waals surface area contributed by atoms with Gasteiger partial charge in [-0.05, 0) is 56.8 Å². The first-order chi connectivity index (χ1) is 18.7. The molecule has 3 heterocycles. The van der Waals surface area contributed by atoms with Gasteiger partial charge >= 0.3 is 5.95 Å². The number of aryl methyl sites for hydroxylation is 1. The summed E-state index contributed by atoms with van der Waals surface area (Å²) < 4.78 is 20.0. The molecule has 12 heteroatoms. The Balaban J connectivity index is 1.53. The Morgan fingerprint density at radius 1 is 1.23 bits per heavy atom. The molecule has 2 aromatic carbocycles. The molecule has 5 rings (SSSR count). The first-order valence-electron chi connectivity index (χ1n) is 12.4. The Morgan fingerprint density at radius 2 is 2.05 bits per heavy atom. The summed E-state index contributed by atoms with van der Waals surface area (Å²) in [5.41, 5.74) is 8.44. The van der Waals surface area contributed by atoms with Crippen molar-refractivity contribution >= 4 is 51.7 Å². The zero-order valence-corrected chi connectivity index (χ0v) is 21.9. The number of carbonyl (C=O) groups excluding carboxylic acids is 2. The van der Waals surface area contributed by atoms with E-state index in [1.807, 2.05) is 31.1 Å². The lowest BCUT2D eigenvalue weighted by Crippen LogP contribution is -2.40. The number of carbonyl (C=O) groups is 2. The van der Waals surface area contributed by atoms with Gasteiger partial charge in [-0.1, -0.05) is 11.1 Å². The number of anilines is 5. The molecule has 11 nitrogen and oxygen atoms in total. The van der Waals surface area contributed by atoms with Crippen LogP contribution in [0.15, 0.2) is 42.6 Å². The monoisotopic (exact) mass is 533 g/mol. The topological polar surface area (TPSA) is 143 Å². The van der Waals surface area contributed by atoms with Gasteiger partial charge in [0, 0.05) is 18.8 Å². The summed E-state index contributed by atoms with van der Waals surface area (Å²) in [5, 5.41) is 6.99. The molecular weight excluding hydrogens is 503 g/mol. The van der Waals surface area contributed by atoms with Crippen LogP contribution in [0, 0.1) is 5.82 Å². The van der Waals surface area contributed by atoms with Crippen LogP contribution in [0.25, 0.3) is 11.0 Å². The quantitative estimate of drug-likeness (QED) is 0.273. The normalized spacial score (nSPS) is 12.9. The van der Waals surface area contributed by atoms with Gasteiger partial charge in [0.15, 0.2) is 5.75 Å². The lowest BCUT2D eigenvalue weighted by molar-refractivity contribution is -0.333. The summed E-state index contributed by atoms with van der Waals surface area (Å²) in [7, 11) is 5.31. The summed E-state index contributed by atoms with van der Waals surface area (Å²) in [6.07, 6.45) is 3.43. The number of nitrogens with two attached hydrogens (primary N) is 1. The molecule has 0 saturated carbocycles. The molecular formula is C27H30FN8O3+. The predicted molar refractivity (Wildman–Crippen MR) is 146 cm³/mol. The van der Waals surface area contributed by atoms with E-state index in [2.05, 4.69) is 25.6 Å². The van der Waals surface area contributed by atoms with Crippen molar-refractivity contribution in [3.8, 4) is 5.75 Å². The smallest absolute Gasteiger partial charge is 0.351 e. The Hall–Kier alpha value is -4.71. The number of hydrogen-bond acceptors (Lipinski definition) is 7. The molecule has 0 fully saturated rings. The van der Waals surface area contributed by atoms with Crippen LogP contribution in [-0.2, 0) is 11.2 Å². The van der Waals surface area contributed by atoms with E-state index in [4.69, 9.17) is 10.5 Å². The second-order valence-corrected chi connectivity index (χ2v) is 9.54. The Kier molecular flexibility index (Phi) is 7.03. The van der Waals surface area contributed by atoms with E-state index in [0.717, 1.165) is 24.1 Å². The SMILES string of the molecule is COc1cc2c(cc1Nc1nc(Nc3cccc(F)c3C(N)=O)c3cc[nH]c3[nH+]1)N(C(=O)CN(C)C)CCC2. The fraction of sp³-hybridized carbons (Fsp3) is 0.259. The van der Waals surface area contributed by atoms with Crippen molar-refractivity contribution in [1.82, 2.24) is 14.9 Å². The lowest BCUT2D eigenvalue weighted by atomic mass is 10.00. The minimum atomic E-state index is -0.895. The number of halogens is 1. The molecule has 0 saturated heterocycles. The molecule has 0 aliphatic carbocycles. The van der Waals surface area contributed by atoms with Crippen molar-refractivity contribution < 1.29 is 23.7 Å². The Bertz CT molecular complexity index is 1570. The molecule has 0 atom stereocenters. The zero-order valence-electron chi connectivity index (χ0n) is 21.9. The third-order valence-electron chi connectivity index (χ3n) is 6.51. The molecule has 1 aliphatic rings. The summed E-state index contributed by atoms with van der Waals surface area (Å²) in [6.45, 7) is 0.934. The number of likely N-dealkylation sites (N-methyl/N-ethyl adjacent to an activating group) is 1. The van der Waals surface area contributed by atoms with E-state index in [0.29, 0.717) is 47.3 Å². The molecule has 0 radical (unpaired) electrons. The van der Waals surface area contributed by atoms with Crippen LogP contribution in [0.2, 0.25) is 0 Å². The number of H-pyrrole nitrogens is 2. The van der Waals surface area contributed by atoms with Gasteiger partial charge in [0.05, 0.1) is 36.0 Å². The van der Waals surface area contributed by atoms with Crippen molar-refractivity contribution in [2.75, 3.05) is 49.8 Å². The van der Waals surface area contributed by atoms with E-state index in [9.17, 15) is 14.0 Å². The van der Waals surface area contributed by atoms with Gasteiger partial charge in [-0.2, -0.15) is 0 Å². The molecule has 1 aliphatic heterocycles. The van der Waals surface area contributed by atoms with Crippen LogP contribution < -0.4 is 31.0 Å². The molecule has 2 aromatic heterocycles. The summed E-state index contributed by atoms with van der Waals surface area (Å²) >= 11 is 0. The fourth-order valence-electron chi connectivity index (χ4n) is 4.77.